The fraction of sp³-hybridized carbons (Fsp3) is 0.0909. The number of hydrogen-bond acceptors (Lipinski definition) is 5. The van der Waals surface area contributed by atoms with Crippen LogP contribution in [-0.4, -0.2) is 9.93 Å². The van der Waals surface area contributed by atoms with Gasteiger partial charge in [-0.3, -0.25) is 10.1 Å². The van der Waals surface area contributed by atoms with Crippen LogP contribution < -0.4 is 10.2 Å². The maximum absolute atomic E-state index is 11.2. The van der Waals surface area contributed by atoms with Gasteiger partial charge in [0, 0.05) is 23.3 Å². The third-order valence-corrected chi connectivity index (χ3v) is 5.05. The number of fused-ring (bicyclic) bond motifs is 3. The smallest absolute Gasteiger partial charge is 0.269 e. The molecular weight excluding hydrogens is 354 g/mol. The van der Waals surface area contributed by atoms with Gasteiger partial charge < -0.3 is 10.2 Å². The first-order valence-electron chi connectivity index (χ1n) is 9.03. The number of hydrogen-bond donors (Lipinski definition) is 1. The van der Waals surface area contributed by atoms with E-state index in [4.69, 9.17) is 4.74 Å². The number of nitrogens with one attached hydrogen (secondary N) is 1. The van der Waals surface area contributed by atoms with Crippen LogP contribution in [0.5, 0.6) is 5.75 Å². The Hall–Kier alpha value is -3.64. The molecule has 28 heavy (non-hydrogen) atoms. The third kappa shape index (κ3) is 2.71. The van der Waals surface area contributed by atoms with E-state index < -0.39 is 6.23 Å². The lowest BCUT2D eigenvalue weighted by Gasteiger charge is -2.38. The standard InChI is InChI=1S/C22H17N3O3/c26-25(27)17-10-6-9-16(13-17)22-24-20(18-11-4-5-12-21(18)28-22)14-19(23-24)15-7-2-1-3-8-15/h1-14,20,22-23H/t20-,22+/m0/s1. The molecule has 0 aliphatic carbocycles. The molecule has 0 saturated heterocycles. The Morgan fingerprint density at radius 1 is 0.964 bits per heavy atom. The van der Waals surface area contributed by atoms with Gasteiger partial charge in [0.1, 0.15) is 5.75 Å². The average Bonchev–Trinajstić information content (AvgIpc) is 3.20. The zero-order valence-electron chi connectivity index (χ0n) is 14.9. The van der Waals surface area contributed by atoms with Gasteiger partial charge in [0.05, 0.1) is 16.7 Å². The van der Waals surface area contributed by atoms with Gasteiger partial charge in [0.15, 0.2) is 6.23 Å². The number of ether oxygens (including phenoxy) is 1. The van der Waals surface area contributed by atoms with E-state index in [1.807, 2.05) is 65.7 Å². The second-order valence-electron chi connectivity index (χ2n) is 6.77. The van der Waals surface area contributed by atoms with Crippen LogP contribution in [0.4, 0.5) is 5.69 Å². The van der Waals surface area contributed by atoms with E-state index in [1.54, 1.807) is 12.1 Å². The quantitative estimate of drug-likeness (QED) is 0.539. The molecule has 0 bridgehead atoms. The molecule has 2 aliphatic rings. The fourth-order valence-electron chi connectivity index (χ4n) is 3.74. The second kappa shape index (κ2) is 6.51. The summed E-state index contributed by atoms with van der Waals surface area (Å²) in [4.78, 5) is 10.8. The van der Waals surface area contributed by atoms with E-state index in [0.29, 0.717) is 0 Å². The summed E-state index contributed by atoms with van der Waals surface area (Å²) in [6.07, 6.45) is 1.68. The lowest BCUT2D eigenvalue weighted by molar-refractivity contribution is -0.385. The summed E-state index contributed by atoms with van der Waals surface area (Å²) in [6.45, 7) is 0. The van der Waals surface area contributed by atoms with Crippen LogP contribution in [0, 0.1) is 10.1 Å². The van der Waals surface area contributed by atoms with E-state index >= 15 is 0 Å². The van der Waals surface area contributed by atoms with Crippen LogP contribution in [-0.2, 0) is 0 Å². The summed E-state index contributed by atoms with van der Waals surface area (Å²) in [5, 5.41) is 13.2. The summed E-state index contributed by atoms with van der Waals surface area (Å²) >= 11 is 0. The molecule has 1 N–H and O–H groups in total. The SMILES string of the molecule is O=[N+]([O-])c1cccc([C@H]2Oc3ccccc3[C@@H]3C=C(c4ccccc4)NN23)c1. The molecule has 6 heteroatoms. The minimum atomic E-state index is -0.489. The lowest BCUT2D eigenvalue weighted by atomic mass is 10.0. The van der Waals surface area contributed by atoms with Crippen molar-refractivity contribution in [2.45, 2.75) is 12.3 Å². The van der Waals surface area contributed by atoms with E-state index in [2.05, 4.69) is 11.5 Å². The Morgan fingerprint density at radius 2 is 1.75 bits per heavy atom. The number of rotatable bonds is 3. The number of nitro benzene ring substituents is 1. The van der Waals surface area contributed by atoms with Crippen molar-refractivity contribution in [3.63, 3.8) is 0 Å². The number of benzene rings is 3. The normalized spacial score (nSPS) is 20.4. The van der Waals surface area contributed by atoms with Crippen molar-refractivity contribution in [3.8, 4) is 5.75 Å². The molecular formula is C22H17N3O3. The Kier molecular flexibility index (Phi) is 3.84. The van der Waals surface area contributed by atoms with Gasteiger partial charge in [-0.15, -0.1) is 0 Å². The van der Waals surface area contributed by atoms with Gasteiger partial charge in [-0.25, -0.2) is 0 Å². The van der Waals surface area contributed by atoms with Crippen LogP contribution in [0.3, 0.4) is 0 Å². The van der Waals surface area contributed by atoms with E-state index in [9.17, 15) is 10.1 Å². The first-order valence-corrected chi connectivity index (χ1v) is 9.03. The molecule has 3 aromatic carbocycles. The highest BCUT2D eigenvalue weighted by atomic mass is 16.6. The maximum Gasteiger partial charge on any atom is 0.269 e. The monoisotopic (exact) mass is 371 g/mol. The highest BCUT2D eigenvalue weighted by Gasteiger charge is 2.40. The molecule has 6 nitrogen and oxygen atoms in total. The molecule has 5 rings (SSSR count). The first kappa shape index (κ1) is 16.5. The summed E-state index contributed by atoms with van der Waals surface area (Å²) in [7, 11) is 0. The minimum Gasteiger partial charge on any atom is -0.469 e. The Bertz CT molecular complexity index is 1080. The zero-order valence-corrected chi connectivity index (χ0v) is 14.9. The van der Waals surface area contributed by atoms with Gasteiger partial charge in [-0.05, 0) is 17.7 Å². The molecule has 2 heterocycles. The Morgan fingerprint density at radius 3 is 2.57 bits per heavy atom. The van der Waals surface area contributed by atoms with E-state index in [-0.39, 0.29) is 16.7 Å². The zero-order chi connectivity index (χ0) is 19.1. The van der Waals surface area contributed by atoms with E-state index in [0.717, 1.165) is 28.1 Å². The highest BCUT2D eigenvalue weighted by Crippen LogP contribution is 2.46. The maximum atomic E-state index is 11.2. The van der Waals surface area contributed by atoms with Crippen molar-refractivity contribution in [3.05, 3.63) is 112 Å². The molecule has 0 radical (unpaired) electrons. The Labute approximate surface area is 161 Å². The fourth-order valence-corrected chi connectivity index (χ4v) is 3.74. The van der Waals surface area contributed by atoms with Crippen molar-refractivity contribution in [1.82, 2.24) is 10.4 Å². The van der Waals surface area contributed by atoms with Crippen molar-refractivity contribution in [2.24, 2.45) is 0 Å². The molecule has 2 atom stereocenters. The summed E-state index contributed by atoms with van der Waals surface area (Å²) in [5.74, 6) is 0.785. The van der Waals surface area contributed by atoms with E-state index in [1.165, 1.54) is 6.07 Å². The van der Waals surface area contributed by atoms with Crippen LogP contribution in [0.1, 0.15) is 29.0 Å². The molecule has 0 fully saturated rings. The predicted molar refractivity (Wildman–Crippen MR) is 105 cm³/mol. The van der Waals surface area contributed by atoms with Gasteiger partial charge in [-0.2, -0.15) is 5.01 Å². The van der Waals surface area contributed by atoms with Crippen molar-refractivity contribution in [1.29, 1.82) is 0 Å². The van der Waals surface area contributed by atoms with Crippen molar-refractivity contribution in [2.75, 3.05) is 0 Å². The Balaban J connectivity index is 1.59. The molecule has 0 amide bonds. The lowest BCUT2D eigenvalue weighted by Crippen LogP contribution is -2.43. The topological polar surface area (TPSA) is 67.6 Å². The van der Waals surface area contributed by atoms with Gasteiger partial charge in [0.25, 0.3) is 5.69 Å². The molecule has 0 aromatic heterocycles. The molecule has 2 aliphatic heterocycles. The van der Waals surface area contributed by atoms with Crippen LogP contribution >= 0.6 is 0 Å². The number of nitro groups is 1. The number of nitrogens with zero attached hydrogens (tertiary/aromatic N) is 2. The van der Waals surface area contributed by atoms with Gasteiger partial charge in [-0.1, -0.05) is 60.7 Å². The van der Waals surface area contributed by atoms with Crippen LogP contribution in [0.15, 0.2) is 84.9 Å². The average molecular weight is 371 g/mol. The molecule has 0 spiro atoms. The second-order valence-corrected chi connectivity index (χ2v) is 6.77. The number of para-hydroxylation sites is 1. The first-order chi connectivity index (χ1) is 13.7. The third-order valence-electron chi connectivity index (χ3n) is 5.05. The van der Waals surface area contributed by atoms with Crippen LogP contribution in [0.25, 0.3) is 5.70 Å². The largest absolute Gasteiger partial charge is 0.469 e. The minimum absolute atomic E-state index is 0.0376. The van der Waals surface area contributed by atoms with Gasteiger partial charge >= 0.3 is 0 Å². The van der Waals surface area contributed by atoms with Crippen molar-refractivity contribution < 1.29 is 9.66 Å². The highest BCUT2D eigenvalue weighted by molar-refractivity contribution is 5.67. The molecule has 138 valence electrons. The number of hydrazine groups is 1. The summed E-state index contributed by atoms with van der Waals surface area (Å²) < 4.78 is 6.26. The summed E-state index contributed by atoms with van der Waals surface area (Å²) in [6, 6.07) is 24.5. The van der Waals surface area contributed by atoms with Crippen LogP contribution in [0.2, 0.25) is 0 Å². The molecule has 0 saturated carbocycles. The summed E-state index contributed by atoms with van der Waals surface area (Å²) in [5.41, 5.74) is 7.34. The molecule has 0 unspecified atom stereocenters. The number of non-ortho nitro benzene ring substituents is 1. The predicted octanol–water partition coefficient (Wildman–Crippen LogP) is 4.59. The van der Waals surface area contributed by atoms with Crippen molar-refractivity contribution >= 4 is 11.4 Å². The molecule has 3 aromatic rings. The van der Waals surface area contributed by atoms with Gasteiger partial charge in [0.2, 0.25) is 0 Å².